The quantitative estimate of drug-likeness (QED) is 0.832. The molecule has 0 aliphatic carbocycles. The molecule has 80 valence electrons. The minimum absolute atomic E-state index is 0.610. The van der Waals surface area contributed by atoms with Crippen molar-refractivity contribution in [2.45, 2.75) is 13.8 Å². The molecule has 0 aliphatic heterocycles. The predicted octanol–water partition coefficient (Wildman–Crippen LogP) is 2.04. The van der Waals surface area contributed by atoms with Gasteiger partial charge in [-0.15, -0.1) is 0 Å². The first-order valence-corrected chi connectivity index (χ1v) is 5.18. The number of aromatic nitrogens is 3. The van der Waals surface area contributed by atoms with Gasteiger partial charge in [0.05, 0.1) is 5.39 Å². The molecule has 1 N–H and O–H groups in total. The lowest BCUT2D eigenvalue weighted by Crippen LogP contribution is -2.09. The van der Waals surface area contributed by atoms with E-state index in [-0.39, 0.29) is 0 Å². The molecule has 15 heavy (non-hydrogen) atoms. The van der Waals surface area contributed by atoms with Gasteiger partial charge in [0.2, 0.25) is 0 Å². The maximum atomic E-state index is 4.26. The molecule has 0 amide bonds. The molecule has 4 heteroatoms. The number of nitrogens with one attached hydrogen (secondary N) is 1. The summed E-state index contributed by atoms with van der Waals surface area (Å²) >= 11 is 0. The van der Waals surface area contributed by atoms with Gasteiger partial charge in [-0.1, -0.05) is 13.8 Å². The van der Waals surface area contributed by atoms with Crippen molar-refractivity contribution in [2.75, 3.05) is 11.9 Å². The second kappa shape index (κ2) is 3.88. The molecule has 0 atom stereocenters. The predicted molar refractivity (Wildman–Crippen MR) is 61.8 cm³/mol. The monoisotopic (exact) mass is 204 g/mol. The van der Waals surface area contributed by atoms with E-state index in [2.05, 4.69) is 29.1 Å². The average molecular weight is 204 g/mol. The van der Waals surface area contributed by atoms with Crippen LogP contribution in [0, 0.1) is 5.92 Å². The van der Waals surface area contributed by atoms with Gasteiger partial charge >= 0.3 is 0 Å². The largest absolute Gasteiger partial charge is 0.369 e. The summed E-state index contributed by atoms with van der Waals surface area (Å²) in [5, 5.41) is 4.42. The molecular weight excluding hydrogens is 188 g/mol. The lowest BCUT2D eigenvalue weighted by molar-refractivity contribution is 0.687. The van der Waals surface area contributed by atoms with Gasteiger partial charge in [0.15, 0.2) is 0 Å². The van der Waals surface area contributed by atoms with Crippen molar-refractivity contribution < 1.29 is 0 Å². The zero-order chi connectivity index (χ0) is 10.8. The Kier molecular flexibility index (Phi) is 2.58. The van der Waals surface area contributed by atoms with Gasteiger partial charge in [-0.3, -0.25) is 0 Å². The summed E-state index contributed by atoms with van der Waals surface area (Å²) in [6, 6.07) is 2.04. The molecule has 2 rings (SSSR count). The van der Waals surface area contributed by atoms with Crippen LogP contribution in [0.15, 0.2) is 18.6 Å². The number of hydrogen-bond acceptors (Lipinski definition) is 3. The summed E-state index contributed by atoms with van der Waals surface area (Å²) in [6.07, 6.45) is 3.60. The summed E-state index contributed by atoms with van der Waals surface area (Å²) in [5.74, 6) is 1.54. The van der Waals surface area contributed by atoms with E-state index in [1.165, 1.54) is 0 Å². The van der Waals surface area contributed by atoms with E-state index >= 15 is 0 Å². The molecule has 0 fully saturated rings. The van der Waals surface area contributed by atoms with Crippen LogP contribution in [0.2, 0.25) is 0 Å². The number of fused-ring (bicyclic) bond motifs is 1. The fourth-order valence-corrected chi connectivity index (χ4v) is 1.52. The molecule has 0 bridgehead atoms. The molecule has 0 saturated heterocycles. The van der Waals surface area contributed by atoms with Crippen molar-refractivity contribution in [1.82, 2.24) is 14.5 Å². The average Bonchev–Trinajstić information content (AvgIpc) is 2.58. The van der Waals surface area contributed by atoms with Crippen molar-refractivity contribution in [3.8, 4) is 0 Å². The van der Waals surface area contributed by atoms with E-state index in [0.29, 0.717) is 5.92 Å². The zero-order valence-electron chi connectivity index (χ0n) is 9.36. The minimum Gasteiger partial charge on any atom is -0.369 e. The van der Waals surface area contributed by atoms with Gasteiger partial charge in [-0.05, 0) is 12.0 Å². The van der Waals surface area contributed by atoms with Gasteiger partial charge < -0.3 is 9.88 Å². The fraction of sp³-hybridized carbons (Fsp3) is 0.455. The van der Waals surface area contributed by atoms with Gasteiger partial charge in [0.25, 0.3) is 0 Å². The van der Waals surface area contributed by atoms with Crippen LogP contribution in [0.4, 0.5) is 5.82 Å². The Hall–Kier alpha value is -1.58. The molecule has 0 unspecified atom stereocenters. The second-order valence-electron chi connectivity index (χ2n) is 4.16. The van der Waals surface area contributed by atoms with E-state index in [4.69, 9.17) is 0 Å². The van der Waals surface area contributed by atoms with Crippen LogP contribution in [-0.4, -0.2) is 21.1 Å². The summed E-state index contributed by atoms with van der Waals surface area (Å²) < 4.78 is 2.00. The number of aryl methyl sites for hydroxylation is 1. The van der Waals surface area contributed by atoms with Crippen molar-refractivity contribution in [1.29, 1.82) is 0 Å². The standard InChI is InChI=1S/C11H16N4/c1-8(2)6-12-10-9-4-5-15(3)11(9)14-7-13-10/h4-5,7-8H,6H2,1-3H3,(H,12,13,14). The maximum absolute atomic E-state index is 4.26. The molecule has 4 nitrogen and oxygen atoms in total. The van der Waals surface area contributed by atoms with E-state index in [1.54, 1.807) is 6.33 Å². The van der Waals surface area contributed by atoms with E-state index in [0.717, 1.165) is 23.4 Å². The van der Waals surface area contributed by atoms with E-state index in [9.17, 15) is 0 Å². The lowest BCUT2D eigenvalue weighted by atomic mass is 10.2. The highest BCUT2D eigenvalue weighted by atomic mass is 15.1. The van der Waals surface area contributed by atoms with E-state index < -0.39 is 0 Å². The first-order chi connectivity index (χ1) is 7.18. The summed E-state index contributed by atoms with van der Waals surface area (Å²) in [7, 11) is 1.99. The van der Waals surface area contributed by atoms with Crippen LogP contribution < -0.4 is 5.32 Å². The summed E-state index contributed by atoms with van der Waals surface area (Å²) in [6.45, 7) is 5.29. The van der Waals surface area contributed by atoms with Crippen LogP contribution in [0.1, 0.15) is 13.8 Å². The lowest BCUT2D eigenvalue weighted by Gasteiger charge is -2.08. The third-order valence-electron chi connectivity index (χ3n) is 2.34. The number of nitrogens with zero attached hydrogens (tertiary/aromatic N) is 3. The number of hydrogen-bond donors (Lipinski definition) is 1. The van der Waals surface area contributed by atoms with Gasteiger partial charge in [0.1, 0.15) is 17.8 Å². The Morgan fingerprint density at radius 2 is 2.20 bits per heavy atom. The second-order valence-corrected chi connectivity index (χ2v) is 4.16. The first-order valence-electron chi connectivity index (χ1n) is 5.18. The highest BCUT2D eigenvalue weighted by Gasteiger charge is 2.05. The number of anilines is 1. The SMILES string of the molecule is CC(C)CNc1ncnc2c1ccn2C. The summed E-state index contributed by atoms with van der Waals surface area (Å²) in [4.78, 5) is 8.50. The van der Waals surface area contributed by atoms with Gasteiger partial charge in [-0.2, -0.15) is 0 Å². The van der Waals surface area contributed by atoms with Crippen LogP contribution in [-0.2, 0) is 7.05 Å². The van der Waals surface area contributed by atoms with Crippen molar-refractivity contribution in [2.24, 2.45) is 13.0 Å². The maximum Gasteiger partial charge on any atom is 0.145 e. The smallest absolute Gasteiger partial charge is 0.145 e. The first kappa shape index (κ1) is 9.96. The highest BCUT2D eigenvalue weighted by molar-refractivity contribution is 5.87. The molecule has 0 radical (unpaired) electrons. The zero-order valence-corrected chi connectivity index (χ0v) is 9.36. The molecule has 0 aliphatic rings. The molecule has 2 aromatic rings. The Labute approximate surface area is 89.3 Å². The topological polar surface area (TPSA) is 42.7 Å². The molecule has 2 heterocycles. The Morgan fingerprint density at radius 3 is 2.93 bits per heavy atom. The van der Waals surface area contributed by atoms with Crippen LogP contribution >= 0.6 is 0 Å². The van der Waals surface area contributed by atoms with Gasteiger partial charge in [0, 0.05) is 19.8 Å². The molecule has 2 aromatic heterocycles. The number of rotatable bonds is 3. The van der Waals surface area contributed by atoms with E-state index in [1.807, 2.05) is 23.9 Å². The minimum atomic E-state index is 0.610. The van der Waals surface area contributed by atoms with Crippen molar-refractivity contribution in [3.63, 3.8) is 0 Å². The molecule has 0 aromatic carbocycles. The third-order valence-corrected chi connectivity index (χ3v) is 2.34. The Bertz CT molecular complexity index is 459. The highest BCUT2D eigenvalue weighted by Crippen LogP contribution is 2.19. The Morgan fingerprint density at radius 1 is 1.40 bits per heavy atom. The van der Waals surface area contributed by atoms with Crippen LogP contribution in [0.5, 0.6) is 0 Å². The fourth-order valence-electron chi connectivity index (χ4n) is 1.52. The van der Waals surface area contributed by atoms with Gasteiger partial charge in [-0.25, -0.2) is 9.97 Å². The Balaban J connectivity index is 2.34. The van der Waals surface area contributed by atoms with Crippen LogP contribution in [0.3, 0.4) is 0 Å². The normalized spacial score (nSPS) is 11.2. The van der Waals surface area contributed by atoms with Crippen molar-refractivity contribution in [3.05, 3.63) is 18.6 Å². The molecular formula is C11H16N4. The summed E-state index contributed by atoms with van der Waals surface area (Å²) in [5.41, 5.74) is 0.969. The third kappa shape index (κ3) is 1.93. The molecule has 0 spiro atoms. The van der Waals surface area contributed by atoms with Crippen LogP contribution in [0.25, 0.3) is 11.0 Å². The molecule has 0 saturated carbocycles. The van der Waals surface area contributed by atoms with Crippen molar-refractivity contribution >= 4 is 16.9 Å².